The van der Waals surface area contributed by atoms with Crippen LogP contribution in [0.4, 0.5) is 0 Å². The van der Waals surface area contributed by atoms with E-state index in [0.29, 0.717) is 16.9 Å². The van der Waals surface area contributed by atoms with Gasteiger partial charge in [0.25, 0.3) is 5.91 Å². The number of carbonyl (C=O) groups excluding carboxylic acids is 3. The number of unbranched alkanes of at least 4 members (excludes halogenated alkanes) is 1. The Kier molecular flexibility index (Phi) is 9.37. The first kappa shape index (κ1) is 22.6. The van der Waals surface area contributed by atoms with Crippen molar-refractivity contribution in [2.75, 3.05) is 6.54 Å². The van der Waals surface area contributed by atoms with Crippen LogP contribution in [0.3, 0.4) is 0 Å². The van der Waals surface area contributed by atoms with Gasteiger partial charge in [0.05, 0.1) is 12.1 Å². The molecule has 2 aromatic rings. The van der Waals surface area contributed by atoms with Crippen molar-refractivity contribution < 1.29 is 19.0 Å². The number of pyridine rings is 1. The second kappa shape index (κ2) is 12.0. The van der Waals surface area contributed by atoms with Crippen LogP contribution >= 0.6 is 11.8 Å². The van der Waals surface area contributed by atoms with Gasteiger partial charge >= 0.3 is 0 Å². The van der Waals surface area contributed by atoms with Gasteiger partial charge < -0.3 is 10.6 Å². The number of rotatable bonds is 10. The first-order chi connectivity index (χ1) is 14.0. The van der Waals surface area contributed by atoms with Crippen LogP contribution in [0.25, 0.3) is 0 Å². The minimum absolute atomic E-state index is 0.0140. The number of carbonyl (C=O) groups is 3. The van der Waals surface area contributed by atoms with Gasteiger partial charge in [0.15, 0.2) is 17.5 Å². The molecule has 0 aliphatic rings. The summed E-state index contributed by atoms with van der Waals surface area (Å²) >= 11 is 1.08. The molecule has 0 fully saturated rings. The maximum atomic E-state index is 12.4. The van der Waals surface area contributed by atoms with E-state index in [9.17, 15) is 14.4 Å². The molecule has 7 heteroatoms. The van der Waals surface area contributed by atoms with Crippen LogP contribution in [0.1, 0.15) is 43.5 Å². The molecule has 1 aromatic carbocycles. The third-order valence-corrected chi connectivity index (χ3v) is 5.05. The van der Waals surface area contributed by atoms with Crippen LogP contribution in [0.15, 0.2) is 59.8 Å². The lowest BCUT2D eigenvalue weighted by Gasteiger charge is -2.11. The Morgan fingerprint density at radius 1 is 1.00 bits per heavy atom. The molecule has 6 nitrogen and oxygen atoms in total. The van der Waals surface area contributed by atoms with Crippen LogP contribution in [0.5, 0.6) is 0 Å². The Bertz CT molecular complexity index is 825. The Hall–Kier alpha value is -2.67. The maximum Gasteiger partial charge on any atom is 0.252 e. The normalized spacial score (nSPS) is 10.6. The molecular weight excluding hydrogens is 386 g/mol. The number of aromatic nitrogens is 1. The molecule has 0 spiro atoms. The lowest BCUT2D eigenvalue weighted by Crippen LogP contribution is -2.39. The quantitative estimate of drug-likeness (QED) is 0.356. The van der Waals surface area contributed by atoms with Crippen molar-refractivity contribution in [3.05, 3.63) is 60.4 Å². The molecule has 1 aromatic heterocycles. The second-order valence-electron chi connectivity index (χ2n) is 6.95. The summed E-state index contributed by atoms with van der Waals surface area (Å²) in [6.45, 7) is 4.49. The summed E-state index contributed by atoms with van der Waals surface area (Å²) in [5.74, 6) is -0.605. The van der Waals surface area contributed by atoms with E-state index in [1.165, 1.54) is 0 Å². The topological polar surface area (TPSA) is 79.2 Å². The lowest BCUT2D eigenvalue weighted by molar-refractivity contribution is -0.697. The molecule has 0 unspecified atom stereocenters. The van der Waals surface area contributed by atoms with E-state index in [2.05, 4.69) is 15.2 Å². The zero-order valence-electron chi connectivity index (χ0n) is 16.9. The Balaban J connectivity index is 1.81. The highest BCUT2D eigenvalue weighted by Crippen LogP contribution is 2.25. The molecule has 0 saturated carbocycles. The fourth-order valence-corrected chi connectivity index (χ4v) is 3.60. The first-order valence-corrected chi connectivity index (χ1v) is 10.6. The van der Waals surface area contributed by atoms with Crippen molar-refractivity contribution in [2.45, 2.75) is 50.6 Å². The number of nitrogens with one attached hydrogen (secondary N) is 2. The fraction of sp³-hybridized carbons (Fsp3) is 0.364. The van der Waals surface area contributed by atoms with Gasteiger partial charge in [0.2, 0.25) is 5.91 Å². The standard InChI is InChI=1S/C22H27N3O3S/c1-17(2)24-20(26)16-23-22(28)18-10-4-5-11-19(18)29-21(27)12-6-9-15-25-13-7-3-8-14-25/h3-5,7-8,10-11,13-14,17H,6,9,12,15-16H2,1-2H3,(H-,23,24,26,28)/p+1. The highest BCUT2D eigenvalue weighted by Gasteiger charge is 2.15. The van der Waals surface area contributed by atoms with E-state index in [-0.39, 0.29) is 29.5 Å². The third kappa shape index (κ3) is 8.48. The van der Waals surface area contributed by atoms with Crippen molar-refractivity contribution in [3.63, 3.8) is 0 Å². The number of thioether (sulfide) groups is 1. The van der Waals surface area contributed by atoms with Crippen molar-refractivity contribution >= 4 is 28.7 Å². The molecule has 0 radical (unpaired) electrons. The minimum atomic E-state index is -0.361. The van der Waals surface area contributed by atoms with E-state index < -0.39 is 0 Å². The molecule has 2 amide bonds. The number of hydrogen-bond donors (Lipinski definition) is 2. The molecule has 0 aliphatic heterocycles. The number of amides is 2. The van der Waals surface area contributed by atoms with E-state index in [4.69, 9.17) is 0 Å². The highest BCUT2D eigenvalue weighted by atomic mass is 32.2. The molecule has 2 N–H and O–H groups in total. The van der Waals surface area contributed by atoms with Gasteiger partial charge in [-0.05, 0) is 32.4 Å². The fourth-order valence-electron chi connectivity index (χ4n) is 2.69. The first-order valence-electron chi connectivity index (χ1n) is 9.77. The smallest absolute Gasteiger partial charge is 0.252 e. The maximum absolute atomic E-state index is 12.4. The second-order valence-corrected chi connectivity index (χ2v) is 8.04. The predicted octanol–water partition coefficient (Wildman–Crippen LogP) is 2.72. The van der Waals surface area contributed by atoms with Gasteiger partial charge in [-0.1, -0.05) is 30.0 Å². The van der Waals surface area contributed by atoms with Gasteiger partial charge in [0, 0.05) is 35.9 Å². The van der Waals surface area contributed by atoms with Crippen molar-refractivity contribution in [3.8, 4) is 0 Å². The van der Waals surface area contributed by atoms with Crippen LogP contribution < -0.4 is 15.2 Å². The van der Waals surface area contributed by atoms with Gasteiger partial charge in [-0.15, -0.1) is 0 Å². The summed E-state index contributed by atoms with van der Waals surface area (Å²) in [4.78, 5) is 37.1. The summed E-state index contributed by atoms with van der Waals surface area (Å²) in [7, 11) is 0. The number of nitrogens with zero attached hydrogens (tertiary/aromatic N) is 1. The number of aryl methyl sites for hydroxylation is 1. The number of hydrogen-bond acceptors (Lipinski definition) is 4. The molecule has 0 saturated heterocycles. The van der Waals surface area contributed by atoms with E-state index >= 15 is 0 Å². The van der Waals surface area contributed by atoms with Gasteiger partial charge in [0.1, 0.15) is 6.54 Å². The van der Waals surface area contributed by atoms with Crippen LogP contribution in [0, 0.1) is 0 Å². The van der Waals surface area contributed by atoms with Crippen molar-refractivity contribution in [1.82, 2.24) is 10.6 Å². The molecule has 2 rings (SSSR count). The summed E-state index contributed by atoms with van der Waals surface area (Å²) in [5.41, 5.74) is 0.406. The Morgan fingerprint density at radius 3 is 2.45 bits per heavy atom. The molecule has 0 aliphatic carbocycles. The summed E-state index contributed by atoms with van der Waals surface area (Å²) in [5, 5.41) is 5.36. The SMILES string of the molecule is CC(C)NC(=O)CNC(=O)c1ccccc1SC(=O)CCCC[n+]1ccccc1. The van der Waals surface area contributed by atoms with Crippen molar-refractivity contribution in [1.29, 1.82) is 0 Å². The third-order valence-electron chi connectivity index (χ3n) is 4.04. The van der Waals surface area contributed by atoms with Gasteiger partial charge in [-0.3, -0.25) is 14.4 Å². The highest BCUT2D eigenvalue weighted by molar-refractivity contribution is 8.13. The monoisotopic (exact) mass is 414 g/mol. The molecule has 154 valence electrons. The predicted molar refractivity (Wildman–Crippen MR) is 113 cm³/mol. The van der Waals surface area contributed by atoms with Crippen LogP contribution in [0.2, 0.25) is 0 Å². The van der Waals surface area contributed by atoms with Crippen LogP contribution in [-0.2, 0) is 16.1 Å². The molecular formula is C22H28N3O3S+. The van der Waals surface area contributed by atoms with Gasteiger partial charge in [-0.2, -0.15) is 0 Å². The van der Waals surface area contributed by atoms with E-state index in [1.807, 2.05) is 44.4 Å². The molecule has 0 atom stereocenters. The Labute approximate surface area is 176 Å². The largest absolute Gasteiger partial charge is 0.352 e. The van der Waals surface area contributed by atoms with Crippen LogP contribution in [-0.4, -0.2) is 29.5 Å². The lowest BCUT2D eigenvalue weighted by atomic mass is 10.2. The zero-order chi connectivity index (χ0) is 21.1. The zero-order valence-corrected chi connectivity index (χ0v) is 17.7. The Morgan fingerprint density at radius 2 is 1.72 bits per heavy atom. The van der Waals surface area contributed by atoms with E-state index in [0.717, 1.165) is 31.1 Å². The summed E-state index contributed by atoms with van der Waals surface area (Å²) in [6, 6.07) is 12.9. The summed E-state index contributed by atoms with van der Waals surface area (Å²) in [6.07, 6.45) is 6.16. The van der Waals surface area contributed by atoms with Crippen molar-refractivity contribution in [2.24, 2.45) is 0 Å². The molecule has 0 bridgehead atoms. The average Bonchev–Trinajstić information content (AvgIpc) is 2.70. The molecule has 1 heterocycles. The molecule has 29 heavy (non-hydrogen) atoms. The minimum Gasteiger partial charge on any atom is -0.352 e. The average molecular weight is 415 g/mol. The van der Waals surface area contributed by atoms with E-state index in [1.54, 1.807) is 24.3 Å². The number of benzene rings is 1. The van der Waals surface area contributed by atoms with Gasteiger partial charge in [-0.25, -0.2) is 4.57 Å². The summed E-state index contributed by atoms with van der Waals surface area (Å²) < 4.78 is 2.09.